The van der Waals surface area contributed by atoms with Gasteiger partial charge in [0.25, 0.3) is 0 Å². The largest absolute Gasteiger partial charge is 0.324 e. The molecular weight excluding hydrogens is 314 g/mol. The first-order valence-corrected chi connectivity index (χ1v) is 7.35. The number of amides is 2. The summed E-state index contributed by atoms with van der Waals surface area (Å²) in [6, 6.07) is 14.5. The second kappa shape index (κ2) is 8.10. The molecule has 0 aliphatic rings. The number of aryl methyl sites for hydroxylation is 1. The summed E-state index contributed by atoms with van der Waals surface area (Å²) in [7, 11) is 0. The Morgan fingerprint density at radius 1 is 1.09 bits per heavy atom. The number of para-hydroxylation sites is 1. The molecule has 6 heteroatoms. The van der Waals surface area contributed by atoms with Crippen molar-refractivity contribution in [3.8, 4) is 0 Å². The molecule has 0 atom stereocenters. The molecule has 2 aromatic rings. The number of hydrazone groups is 1. The van der Waals surface area contributed by atoms with Crippen LogP contribution in [0.1, 0.15) is 17.5 Å². The number of halogens is 1. The van der Waals surface area contributed by atoms with Crippen molar-refractivity contribution in [3.63, 3.8) is 0 Å². The van der Waals surface area contributed by atoms with Crippen LogP contribution in [0.4, 0.5) is 5.69 Å². The maximum absolute atomic E-state index is 11.8. The standard InChI is InChI=1S/C17H16ClN3O2/c1-12-6-8-13(9-7-12)11-19-21-17(23)10-16(22)20-15-5-3-2-4-14(15)18/h2-9,11H,10H2,1H3,(H,20,22)(H,21,23). The van der Waals surface area contributed by atoms with Crippen LogP contribution in [-0.4, -0.2) is 18.0 Å². The predicted octanol–water partition coefficient (Wildman–Crippen LogP) is 3.13. The minimum atomic E-state index is -0.502. The summed E-state index contributed by atoms with van der Waals surface area (Å²) < 4.78 is 0. The molecule has 118 valence electrons. The highest BCUT2D eigenvalue weighted by atomic mass is 35.5. The molecule has 0 spiro atoms. The molecule has 0 saturated heterocycles. The molecule has 0 bridgehead atoms. The molecule has 2 rings (SSSR count). The number of anilines is 1. The van der Waals surface area contributed by atoms with Gasteiger partial charge in [-0.05, 0) is 24.6 Å². The van der Waals surface area contributed by atoms with Gasteiger partial charge in [-0.3, -0.25) is 9.59 Å². The number of nitrogens with zero attached hydrogens (tertiary/aromatic N) is 1. The lowest BCUT2D eigenvalue weighted by Crippen LogP contribution is -2.24. The van der Waals surface area contributed by atoms with Crippen LogP contribution in [0.2, 0.25) is 5.02 Å². The summed E-state index contributed by atoms with van der Waals surface area (Å²) in [6.45, 7) is 1.99. The number of hydrogen-bond donors (Lipinski definition) is 2. The fourth-order valence-electron chi connectivity index (χ4n) is 1.77. The Morgan fingerprint density at radius 2 is 1.78 bits per heavy atom. The summed E-state index contributed by atoms with van der Waals surface area (Å²) in [5.74, 6) is -0.959. The van der Waals surface area contributed by atoms with Gasteiger partial charge in [0.2, 0.25) is 11.8 Å². The van der Waals surface area contributed by atoms with E-state index >= 15 is 0 Å². The minimum absolute atomic E-state index is 0.337. The van der Waals surface area contributed by atoms with E-state index in [9.17, 15) is 9.59 Å². The van der Waals surface area contributed by atoms with E-state index in [1.807, 2.05) is 31.2 Å². The Balaban J connectivity index is 1.81. The third kappa shape index (κ3) is 5.56. The van der Waals surface area contributed by atoms with Crippen LogP contribution in [0.5, 0.6) is 0 Å². The van der Waals surface area contributed by atoms with Crippen molar-refractivity contribution in [1.82, 2.24) is 5.43 Å². The van der Waals surface area contributed by atoms with Crippen LogP contribution in [0.15, 0.2) is 53.6 Å². The van der Waals surface area contributed by atoms with Gasteiger partial charge >= 0.3 is 0 Å². The number of carbonyl (C=O) groups excluding carboxylic acids is 2. The topological polar surface area (TPSA) is 70.6 Å². The number of rotatable bonds is 5. The zero-order chi connectivity index (χ0) is 16.7. The quantitative estimate of drug-likeness (QED) is 0.502. The van der Waals surface area contributed by atoms with Gasteiger partial charge in [-0.1, -0.05) is 53.6 Å². The Labute approximate surface area is 139 Å². The fourth-order valence-corrected chi connectivity index (χ4v) is 1.96. The normalized spacial score (nSPS) is 10.5. The van der Waals surface area contributed by atoms with E-state index in [-0.39, 0.29) is 6.42 Å². The zero-order valence-electron chi connectivity index (χ0n) is 12.5. The molecule has 0 unspecified atom stereocenters. The molecule has 0 heterocycles. The number of nitrogens with one attached hydrogen (secondary N) is 2. The average Bonchev–Trinajstić information content (AvgIpc) is 2.51. The molecule has 0 aromatic heterocycles. The first-order valence-electron chi connectivity index (χ1n) is 6.97. The Kier molecular flexibility index (Phi) is 5.88. The summed E-state index contributed by atoms with van der Waals surface area (Å²) in [5, 5.41) is 6.81. The lowest BCUT2D eigenvalue weighted by molar-refractivity contribution is -0.126. The van der Waals surface area contributed by atoms with Gasteiger partial charge in [0.05, 0.1) is 16.9 Å². The van der Waals surface area contributed by atoms with Gasteiger partial charge in [-0.2, -0.15) is 5.10 Å². The van der Waals surface area contributed by atoms with Gasteiger partial charge in [-0.25, -0.2) is 5.43 Å². The van der Waals surface area contributed by atoms with Crippen LogP contribution in [-0.2, 0) is 9.59 Å². The number of hydrogen-bond acceptors (Lipinski definition) is 3. The Hall–Kier alpha value is -2.66. The van der Waals surface area contributed by atoms with Gasteiger partial charge in [0, 0.05) is 0 Å². The molecule has 0 fully saturated rings. The third-order valence-corrected chi connectivity index (χ3v) is 3.28. The van der Waals surface area contributed by atoms with Crippen LogP contribution < -0.4 is 10.7 Å². The van der Waals surface area contributed by atoms with Gasteiger partial charge in [0.1, 0.15) is 6.42 Å². The maximum atomic E-state index is 11.8. The van der Waals surface area contributed by atoms with E-state index in [4.69, 9.17) is 11.6 Å². The molecule has 2 amide bonds. The average molecular weight is 330 g/mol. The molecule has 0 aliphatic carbocycles. The van der Waals surface area contributed by atoms with Crippen LogP contribution in [0.25, 0.3) is 0 Å². The van der Waals surface area contributed by atoms with Crippen molar-refractivity contribution in [2.24, 2.45) is 5.10 Å². The van der Waals surface area contributed by atoms with Crippen molar-refractivity contribution in [2.45, 2.75) is 13.3 Å². The Bertz CT molecular complexity index is 727. The van der Waals surface area contributed by atoms with Gasteiger partial charge in [0.15, 0.2) is 0 Å². The van der Waals surface area contributed by atoms with E-state index in [2.05, 4.69) is 15.8 Å². The fraction of sp³-hybridized carbons (Fsp3) is 0.118. The molecule has 0 aliphatic heterocycles. The zero-order valence-corrected chi connectivity index (χ0v) is 13.3. The molecule has 2 N–H and O–H groups in total. The van der Waals surface area contributed by atoms with Crippen molar-refractivity contribution in [1.29, 1.82) is 0 Å². The van der Waals surface area contributed by atoms with Crippen LogP contribution >= 0.6 is 11.6 Å². The lowest BCUT2D eigenvalue weighted by atomic mass is 10.2. The first kappa shape index (κ1) is 16.7. The summed E-state index contributed by atoms with van der Waals surface area (Å²) >= 11 is 5.93. The van der Waals surface area contributed by atoms with E-state index in [1.54, 1.807) is 24.3 Å². The molecular formula is C17H16ClN3O2. The molecule has 2 aromatic carbocycles. The van der Waals surface area contributed by atoms with Crippen molar-refractivity contribution in [3.05, 3.63) is 64.7 Å². The first-order chi connectivity index (χ1) is 11.0. The lowest BCUT2D eigenvalue weighted by Gasteiger charge is -2.06. The van der Waals surface area contributed by atoms with Gasteiger partial charge < -0.3 is 5.32 Å². The summed E-state index contributed by atoms with van der Waals surface area (Å²) in [5.41, 5.74) is 4.78. The molecule has 5 nitrogen and oxygen atoms in total. The monoisotopic (exact) mass is 329 g/mol. The van der Waals surface area contributed by atoms with Crippen LogP contribution in [0.3, 0.4) is 0 Å². The highest BCUT2D eigenvalue weighted by Gasteiger charge is 2.10. The summed E-state index contributed by atoms with van der Waals surface area (Å²) in [6.07, 6.45) is 1.18. The molecule has 0 radical (unpaired) electrons. The SMILES string of the molecule is Cc1ccc(C=NNC(=O)CC(=O)Nc2ccccc2Cl)cc1. The molecule has 0 saturated carbocycles. The van der Waals surface area contributed by atoms with Crippen molar-refractivity contribution >= 4 is 35.3 Å². The van der Waals surface area contributed by atoms with Crippen molar-refractivity contribution in [2.75, 3.05) is 5.32 Å². The third-order valence-electron chi connectivity index (χ3n) is 2.95. The maximum Gasteiger partial charge on any atom is 0.249 e. The highest BCUT2D eigenvalue weighted by molar-refractivity contribution is 6.33. The van der Waals surface area contributed by atoms with E-state index in [0.717, 1.165) is 11.1 Å². The Morgan fingerprint density at radius 3 is 2.48 bits per heavy atom. The smallest absolute Gasteiger partial charge is 0.249 e. The minimum Gasteiger partial charge on any atom is -0.324 e. The number of carbonyl (C=O) groups is 2. The second-order valence-electron chi connectivity index (χ2n) is 4.91. The predicted molar refractivity (Wildman–Crippen MR) is 91.6 cm³/mol. The van der Waals surface area contributed by atoms with Crippen LogP contribution in [0, 0.1) is 6.92 Å². The van der Waals surface area contributed by atoms with E-state index in [0.29, 0.717) is 10.7 Å². The van der Waals surface area contributed by atoms with Crippen molar-refractivity contribution < 1.29 is 9.59 Å². The second-order valence-corrected chi connectivity index (χ2v) is 5.32. The molecule has 23 heavy (non-hydrogen) atoms. The van der Waals surface area contributed by atoms with Gasteiger partial charge in [-0.15, -0.1) is 0 Å². The highest BCUT2D eigenvalue weighted by Crippen LogP contribution is 2.20. The number of benzene rings is 2. The van der Waals surface area contributed by atoms with E-state index < -0.39 is 11.8 Å². The summed E-state index contributed by atoms with van der Waals surface area (Å²) in [4.78, 5) is 23.4. The van der Waals surface area contributed by atoms with E-state index in [1.165, 1.54) is 6.21 Å².